The molecule has 0 aliphatic heterocycles. The van der Waals surface area contributed by atoms with E-state index in [1.807, 2.05) is 6.07 Å². The minimum absolute atomic E-state index is 0.0830. The van der Waals surface area contributed by atoms with Gasteiger partial charge in [0.15, 0.2) is 5.75 Å². The number of halogens is 4. The molecule has 2 nitrogen and oxygen atoms in total. The van der Waals surface area contributed by atoms with Crippen LogP contribution in [-0.4, -0.2) is 0 Å². The molecule has 100 valence electrons. The Bertz CT molecular complexity index is 558. The van der Waals surface area contributed by atoms with Crippen molar-refractivity contribution in [2.75, 3.05) is 5.48 Å². The Morgan fingerprint density at radius 1 is 0.947 bits per heavy atom. The molecule has 0 fully saturated rings. The molecule has 2 aromatic rings. The van der Waals surface area contributed by atoms with E-state index in [0.29, 0.717) is 5.69 Å². The van der Waals surface area contributed by atoms with Crippen LogP contribution in [0.15, 0.2) is 48.5 Å². The van der Waals surface area contributed by atoms with Crippen LogP contribution in [0, 0.1) is 0 Å². The summed E-state index contributed by atoms with van der Waals surface area (Å²) in [6.45, 7) is 0. The van der Waals surface area contributed by atoms with Gasteiger partial charge < -0.3 is 4.84 Å². The Balaban J connectivity index is 2.18. The molecule has 0 saturated heterocycles. The second kappa shape index (κ2) is 5.40. The maximum Gasteiger partial charge on any atom is 0.417 e. The van der Waals surface area contributed by atoms with Crippen molar-refractivity contribution in [1.82, 2.24) is 0 Å². The van der Waals surface area contributed by atoms with Gasteiger partial charge in [-0.25, -0.2) is 5.48 Å². The predicted molar refractivity (Wildman–Crippen MR) is 67.1 cm³/mol. The summed E-state index contributed by atoms with van der Waals surface area (Å²) in [5, 5.41) is -0.474. The summed E-state index contributed by atoms with van der Waals surface area (Å²) in [5.74, 6) is -0.0830. The molecule has 0 atom stereocenters. The number of hydrogen-bond acceptors (Lipinski definition) is 2. The SMILES string of the molecule is FC(F)(F)c1cccc(ONc2ccccc2)c1Cl. The minimum Gasteiger partial charge on any atom is -0.381 e. The normalized spacial score (nSPS) is 11.2. The first kappa shape index (κ1) is 13.5. The molecule has 2 rings (SSSR count). The van der Waals surface area contributed by atoms with Crippen molar-refractivity contribution < 1.29 is 18.0 Å². The Hall–Kier alpha value is -1.88. The lowest BCUT2D eigenvalue weighted by molar-refractivity contribution is -0.137. The zero-order valence-corrected chi connectivity index (χ0v) is 10.3. The number of nitrogens with one attached hydrogen (secondary N) is 1. The number of anilines is 1. The lowest BCUT2D eigenvalue weighted by atomic mass is 10.2. The van der Waals surface area contributed by atoms with Gasteiger partial charge in [0.05, 0.1) is 16.3 Å². The Labute approximate surface area is 112 Å². The molecule has 0 radical (unpaired) electrons. The van der Waals surface area contributed by atoms with Gasteiger partial charge in [-0.1, -0.05) is 35.9 Å². The van der Waals surface area contributed by atoms with Gasteiger partial charge in [0.2, 0.25) is 0 Å². The molecule has 0 aliphatic carbocycles. The van der Waals surface area contributed by atoms with Gasteiger partial charge in [0.1, 0.15) is 0 Å². The Morgan fingerprint density at radius 2 is 1.63 bits per heavy atom. The molecule has 0 heterocycles. The third-order valence-corrected chi connectivity index (χ3v) is 2.71. The lowest BCUT2D eigenvalue weighted by Crippen LogP contribution is -2.09. The van der Waals surface area contributed by atoms with Gasteiger partial charge in [0.25, 0.3) is 0 Å². The van der Waals surface area contributed by atoms with E-state index in [9.17, 15) is 13.2 Å². The molecule has 0 amide bonds. The minimum atomic E-state index is -4.51. The van der Waals surface area contributed by atoms with Crippen molar-refractivity contribution in [3.8, 4) is 5.75 Å². The number of rotatable bonds is 3. The maximum absolute atomic E-state index is 12.6. The smallest absolute Gasteiger partial charge is 0.381 e. The van der Waals surface area contributed by atoms with E-state index in [2.05, 4.69) is 5.48 Å². The molecule has 19 heavy (non-hydrogen) atoms. The maximum atomic E-state index is 12.6. The molecule has 1 N–H and O–H groups in total. The average Bonchev–Trinajstić information content (AvgIpc) is 2.37. The lowest BCUT2D eigenvalue weighted by Gasteiger charge is -2.13. The molecule has 0 unspecified atom stereocenters. The largest absolute Gasteiger partial charge is 0.417 e. The van der Waals surface area contributed by atoms with Crippen LogP contribution in [0.2, 0.25) is 5.02 Å². The first-order valence-electron chi connectivity index (χ1n) is 5.32. The highest BCUT2D eigenvalue weighted by Gasteiger charge is 2.34. The third kappa shape index (κ3) is 3.32. The summed E-state index contributed by atoms with van der Waals surface area (Å²) in [5.41, 5.74) is 2.21. The van der Waals surface area contributed by atoms with Crippen molar-refractivity contribution in [3.63, 3.8) is 0 Å². The summed E-state index contributed by atoms with van der Waals surface area (Å²) >= 11 is 5.67. The van der Waals surface area contributed by atoms with Crippen LogP contribution in [0.1, 0.15) is 5.56 Å². The van der Waals surface area contributed by atoms with E-state index in [1.54, 1.807) is 24.3 Å². The zero-order chi connectivity index (χ0) is 13.9. The van der Waals surface area contributed by atoms with Crippen molar-refractivity contribution in [2.24, 2.45) is 0 Å². The second-order valence-electron chi connectivity index (χ2n) is 3.69. The van der Waals surface area contributed by atoms with Gasteiger partial charge in [-0.05, 0) is 24.3 Å². The fourth-order valence-electron chi connectivity index (χ4n) is 1.43. The molecule has 0 aliphatic rings. The molecular formula is C13H9ClF3NO. The van der Waals surface area contributed by atoms with Gasteiger partial charge >= 0.3 is 6.18 Å². The summed E-state index contributed by atoms with van der Waals surface area (Å²) in [4.78, 5) is 5.08. The predicted octanol–water partition coefficient (Wildman–Crippen LogP) is 4.76. The molecule has 0 saturated carbocycles. The van der Waals surface area contributed by atoms with E-state index < -0.39 is 16.8 Å². The Kier molecular flexibility index (Phi) is 3.85. The standard InChI is InChI=1S/C13H9ClF3NO/c14-12-10(13(15,16)17)7-4-8-11(12)19-18-9-5-2-1-3-6-9/h1-8,18H. The molecule has 6 heteroatoms. The van der Waals surface area contributed by atoms with E-state index in [-0.39, 0.29) is 5.75 Å². The highest BCUT2D eigenvalue weighted by atomic mass is 35.5. The van der Waals surface area contributed by atoms with Crippen molar-refractivity contribution >= 4 is 17.3 Å². The fraction of sp³-hybridized carbons (Fsp3) is 0.0769. The fourth-order valence-corrected chi connectivity index (χ4v) is 1.70. The van der Waals surface area contributed by atoms with E-state index in [1.165, 1.54) is 12.1 Å². The van der Waals surface area contributed by atoms with E-state index in [0.717, 1.165) is 6.07 Å². The number of para-hydroxylation sites is 1. The summed E-state index contributed by atoms with van der Waals surface area (Å²) in [6.07, 6.45) is -4.51. The molecule has 0 spiro atoms. The molecule has 2 aromatic carbocycles. The summed E-state index contributed by atoms with van der Waals surface area (Å²) in [7, 11) is 0. The van der Waals surface area contributed by atoms with Gasteiger partial charge in [-0.3, -0.25) is 0 Å². The quantitative estimate of drug-likeness (QED) is 0.822. The highest BCUT2D eigenvalue weighted by molar-refractivity contribution is 6.32. The first-order valence-corrected chi connectivity index (χ1v) is 5.70. The summed E-state index contributed by atoms with van der Waals surface area (Å²) < 4.78 is 37.9. The molecule has 0 bridgehead atoms. The van der Waals surface area contributed by atoms with Crippen LogP contribution in [0.5, 0.6) is 5.75 Å². The van der Waals surface area contributed by atoms with Crippen molar-refractivity contribution in [1.29, 1.82) is 0 Å². The molecule has 0 aromatic heterocycles. The van der Waals surface area contributed by atoms with Crippen molar-refractivity contribution in [2.45, 2.75) is 6.18 Å². The topological polar surface area (TPSA) is 21.3 Å². The number of hydrogen-bond donors (Lipinski definition) is 1. The van der Waals surface area contributed by atoms with Crippen LogP contribution >= 0.6 is 11.6 Å². The second-order valence-corrected chi connectivity index (χ2v) is 4.06. The van der Waals surface area contributed by atoms with Crippen LogP contribution in [0.4, 0.5) is 18.9 Å². The van der Waals surface area contributed by atoms with Crippen LogP contribution in [-0.2, 0) is 6.18 Å². The highest BCUT2D eigenvalue weighted by Crippen LogP contribution is 2.39. The Morgan fingerprint density at radius 3 is 2.26 bits per heavy atom. The monoisotopic (exact) mass is 287 g/mol. The first-order chi connectivity index (χ1) is 8.98. The zero-order valence-electron chi connectivity index (χ0n) is 9.54. The van der Waals surface area contributed by atoms with E-state index in [4.69, 9.17) is 16.4 Å². The van der Waals surface area contributed by atoms with Crippen LogP contribution in [0.25, 0.3) is 0 Å². The number of alkyl halides is 3. The van der Waals surface area contributed by atoms with Gasteiger partial charge in [-0.15, -0.1) is 0 Å². The third-order valence-electron chi connectivity index (χ3n) is 2.32. The molecular weight excluding hydrogens is 279 g/mol. The van der Waals surface area contributed by atoms with Crippen molar-refractivity contribution in [3.05, 3.63) is 59.1 Å². The van der Waals surface area contributed by atoms with Crippen LogP contribution in [0.3, 0.4) is 0 Å². The van der Waals surface area contributed by atoms with Crippen LogP contribution < -0.4 is 10.3 Å². The summed E-state index contributed by atoms with van der Waals surface area (Å²) in [6, 6.07) is 12.2. The average molecular weight is 288 g/mol. The van der Waals surface area contributed by atoms with Gasteiger partial charge in [-0.2, -0.15) is 13.2 Å². The number of benzene rings is 2. The van der Waals surface area contributed by atoms with E-state index >= 15 is 0 Å². The van der Waals surface area contributed by atoms with Gasteiger partial charge in [0, 0.05) is 0 Å².